The molecule has 0 aromatic carbocycles. The highest BCUT2D eigenvalue weighted by Crippen LogP contribution is 2.46. The molecule has 0 unspecified atom stereocenters. The van der Waals surface area contributed by atoms with Gasteiger partial charge in [-0.3, -0.25) is 14.4 Å². The number of ether oxygens (including phenoxy) is 2. The number of hydrogen-bond acceptors (Lipinski definition) is 6. The molecule has 0 radical (unpaired) electrons. The van der Waals surface area contributed by atoms with Crippen LogP contribution in [-0.4, -0.2) is 63.0 Å². The molecule has 1 fully saturated rings. The Morgan fingerprint density at radius 3 is 2.17 bits per heavy atom. The molecular formula is C21H35NO6Si. The zero-order chi connectivity index (χ0) is 22.0. The molecule has 0 aromatic rings. The normalized spacial score (nSPS) is 24.1. The van der Waals surface area contributed by atoms with Crippen LogP contribution in [0.15, 0.2) is 12.2 Å². The summed E-state index contributed by atoms with van der Waals surface area (Å²) >= 11 is 0. The predicted molar refractivity (Wildman–Crippen MR) is 112 cm³/mol. The van der Waals surface area contributed by atoms with Crippen LogP contribution in [0.2, 0.25) is 18.1 Å². The third-order valence-electron chi connectivity index (χ3n) is 6.33. The van der Waals surface area contributed by atoms with Crippen LogP contribution in [-0.2, 0) is 28.3 Å². The largest absolute Gasteiger partial charge is 0.465 e. The molecule has 164 valence electrons. The Hall–Kier alpha value is -1.67. The minimum absolute atomic E-state index is 0.0804. The van der Waals surface area contributed by atoms with E-state index in [1.165, 1.54) is 0 Å². The van der Waals surface area contributed by atoms with Crippen LogP contribution in [0, 0.1) is 5.41 Å². The Kier molecular flexibility index (Phi) is 7.00. The summed E-state index contributed by atoms with van der Waals surface area (Å²) in [6, 6.07) is -0.753. The first-order valence-electron chi connectivity index (χ1n) is 10.4. The molecule has 0 bridgehead atoms. The second kappa shape index (κ2) is 8.59. The minimum Gasteiger partial charge on any atom is -0.465 e. The van der Waals surface area contributed by atoms with Crippen molar-refractivity contribution < 1.29 is 28.3 Å². The Labute approximate surface area is 174 Å². The van der Waals surface area contributed by atoms with E-state index >= 15 is 0 Å². The summed E-state index contributed by atoms with van der Waals surface area (Å²) in [7, 11) is -2.26. The van der Waals surface area contributed by atoms with E-state index in [4.69, 9.17) is 13.9 Å². The van der Waals surface area contributed by atoms with Crippen molar-refractivity contribution in [3.63, 3.8) is 0 Å². The van der Waals surface area contributed by atoms with Gasteiger partial charge in [0, 0.05) is 6.54 Å². The Bertz CT molecular complexity index is 663. The highest BCUT2D eigenvalue weighted by atomic mass is 28.4. The maximum atomic E-state index is 13.2. The first kappa shape index (κ1) is 23.6. The summed E-state index contributed by atoms with van der Waals surface area (Å²) in [5, 5.41) is -0.0804. The van der Waals surface area contributed by atoms with Crippen molar-refractivity contribution in [2.75, 3.05) is 19.8 Å². The van der Waals surface area contributed by atoms with E-state index in [-0.39, 0.29) is 37.0 Å². The number of nitrogens with zero attached hydrogens (tertiary/aromatic N) is 1. The molecule has 0 spiro atoms. The molecule has 29 heavy (non-hydrogen) atoms. The molecule has 2 rings (SSSR count). The standard InChI is InChI=1S/C21H35NO6Si/c1-8-26-18(24)21(19(25)27-9-2)12-10-11-13-22-16(23)14-15(17(21)22)28-29(6,7)20(3,4)5/h10-11,15,17H,8-9,12-14H2,1-7H3/t15-,17+/m1/s1. The quantitative estimate of drug-likeness (QED) is 0.282. The van der Waals surface area contributed by atoms with Crippen LogP contribution in [0.1, 0.15) is 47.5 Å². The Morgan fingerprint density at radius 2 is 1.69 bits per heavy atom. The van der Waals surface area contributed by atoms with Crippen LogP contribution < -0.4 is 0 Å². The monoisotopic (exact) mass is 425 g/mol. The third kappa shape index (κ3) is 4.28. The molecular weight excluding hydrogens is 390 g/mol. The van der Waals surface area contributed by atoms with E-state index in [0.717, 1.165) is 0 Å². The van der Waals surface area contributed by atoms with Crippen molar-refractivity contribution in [1.29, 1.82) is 0 Å². The second-order valence-electron chi connectivity index (χ2n) is 9.20. The number of rotatable bonds is 6. The van der Waals surface area contributed by atoms with E-state index in [2.05, 4.69) is 33.9 Å². The van der Waals surface area contributed by atoms with Gasteiger partial charge in [0.25, 0.3) is 0 Å². The molecule has 0 N–H and O–H groups in total. The highest BCUT2D eigenvalue weighted by molar-refractivity contribution is 6.74. The van der Waals surface area contributed by atoms with E-state index in [1.807, 2.05) is 6.08 Å². The van der Waals surface area contributed by atoms with Gasteiger partial charge >= 0.3 is 11.9 Å². The lowest BCUT2D eigenvalue weighted by Gasteiger charge is -2.44. The van der Waals surface area contributed by atoms with Crippen LogP contribution in [0.25, 0.3) is 0 Å². The molecule has 0 aliphatic carbocycles. The summed E-state index contributed by atoms with van der Waals surface area (Å²) in [5.74, 6) is -1.43. The minimum atomic E-state index is -2.26. The molecule has 7 nitrogen and oxygen atoms in total. The SMILES string of the molecule is CCOC(=O)C1(C(=O)OCC)CC=CCN2C(=O)C[C@@H](O[Si](C)(C)C(C)(C)C)[C@H]21. The summed E-state index contributed by atoms with van der Waals surface area (Å²) in [4.78, 5) is 40.9. The lowest BCUT2D eigenvalue weighted by molar-refractivity contribution is -0.179. The summed E-state index contributed by atoms with van der Waals surface area (Å²) in [5.41, 5.74) is -1.63. The lowest BCUT2D eigenvalue weighted by Crippen LogP contribution is -2.60. The predicted octanol–water partition coefficient (Wildman–Crippen LogP) is 3.05. The fourth-order valence-electron chi connectivity index (χ4n) is 3.81. The smallest absolute Gasteiger partial charge is 0.326 e. The molecule has 0 aromatic heterocycles. The maximum absolute atomic E-state index is 13.2. The Morgan fingerprint density at radius 1 is 1.14 bits per heavy atom. The van der Waals surface area contributed by atoms with Gasteiger partial charge in [-0.1, -0.05) is 32.9 Å². The van der Waals surface area contributed by atoms with Crippen molar-refractivity contribution in [2.24, 2.45) is 5.41 Å². The fourth-order valence-corrected chi connectivity index (χ4v) is 5.13. The summed E-state index contributed by atoms with van der Waals surface area (Å²) in [6.45, 7) is 14.6. The summed E-state index contributed by atoms with van der Waals surface area (Å²) < 4.78 is 17.3. The highest BCUT2D eigenvalue weighted by Gasteiger charge is 2.63. The van der Waals surface area contributed by atoms with Gasteiger partial charge in [-0.2, -0.15) is 0 Å². The van der Waals surface area contributed by atoms with Crippen LogP contribution in [0.4, 0.5) is 0 Å². The molecule has 2 heterocycles. The molecule has 2 aliphatic heterocycles. The number of carbonyl (C=O) groups excluding carboxylic acids is 3. The van der Waals surface area contributed by atoms with Gasteiger partial charge in [-0.15, -0.1) is 0 Å². The number of hydrogen-bond donors (Lipinski definition) is 0. The van der Waals surface area contributed by atoms with Crippen molar-refractivity contribution in [1.82, 2.24) is 4.90 Å². The van der Waals surface area contributed by atoms with Crippen molar-refractivity contribution in [3.8, 4) is 0 Å². The maximum Gasteiger partial charge on any atom is 0.326 e. The molecule has 8 heteroatoms. The van der Waals surface area contributed by atoms with Gasteiger partial charge < -0.3 is 18.8 Å². The number of fused-ring (bicyclic) bond motifs is 1. The van der Waals surface area contributed by atoms with Crippen LogP contribution >= 0.6 is 0 Å². The summed E-state index contributed by atoms with van der Waals surface area (Å²) in [6.07, 6.45) is 3.28. The Balaban J connectivity index is 2.58. The first-order chi connectivity index (χ1) is 13.4. The van der Waals surface area contributed by atoms with Gasteiger partial charge in [0.2, 0.25) is 5.91 Å². The molecule has 1 amide bonds. The number of esters is 2. The molecule has 2 aliphatic rings. The lowest BCUT2D eigenvalue weighted by atomic mass is 9.75. The topological polar surface area (TPSA) is 82.1 Å². The van der Waals surface area contributed by atoms with Crippen molar-refractivity contribution in [2.45, 2.75) is 77.7 Å². The van der Waals surface area contributed by atoms with Gasteiger partial charge in [-0.05, 0) is 38.4 Å². The molecule has 2 atom stereocenters. The van der Waals surface area contributed by atoms with Gasteiger partial charge in [0.15, 0.2) is 13.7 Å². The third-order valence-corrected chi connectivity index (χ3v) is 10.8. The van der Waals surface area contributed by atoms with Crippen molar-refractivity contribution in [3.05, 3.63) is 12.2 Å². The first-order valence-corrected chi connectivity index (χ1v) is 13.3. The van der Waals surface area contributed by atoms with Gasteiger partial charge in [-0.25, -0.2) is 0 Å². The van der Waals surface area contributed by atoms with Crippen LogP contribution in [0.3, 0.4) is 0 Å². The molecule has 1 saturated heterocycles. The van der Waals surface area contributed by atoms with E-state index in [9.17, 15) is 14.4 Å². The van der Waals surface area contributed by atoms with Crippen molar-refractivity contribution >= 4 is 26.2 Å². The van der Waals surface area contributed by atoms with Gasteiger partial charge in [0.05, 0.1) is 31.8 Å². The zero-order valence-corrected chi connectivity index (χ0v) is 19.7. The van der Waals surface area contributed by atoms with E-state index < -0.39 is 37.8 Å². The average molecular weight is 426 g/mol. The average Bonchev–Trinajstić information content (AvgIpc) is 2.79. The van der Waals surface area contributed by atoms with Crippen LogP contribution in [0.5, 0.6) is 0 Å². The molecule has 0 saturated carbocycles. The van der Waals surface area contributed by atoms with E-state index in [0.29, 0.717) is 6.54 Å². The second-order valence-corrected chi connectivity index (χ2v) is 14.0. The number of allylic oxidation sites excluding steroid dienone is 1. The zero-order valence-electron chi connectivity index (χ0n) is 18.7. The number of amides is 1. The van der Waals surface area contributed by atoms with E-state index in [1.54, 1.807) is 24.8 Å². The van der Waals surface area contributed by atoms with Gasteiger partial charge in [0.1, 0.15) is 0 Å². The number of carbonyl (C=O) groups is 3. The fraction of sp³-hybridized carbons (Fsp3) is 0.762.